The lowest BCUT2D eigenvalue weighted by Gasteiger charge is -2.33. The Morgan fingerprint density at radius 1 is 1.69 bits per heavy atom. The summed E-state index contributed by atoms with van der Waals surface area (Å²) in [5.74, 6) is 0.986. The number of hydrogen-bond acceptors (Lipinski definition) is 6. The van der Waals surface area contributed by atoms with Crippen molar-refractivity contribution in [1.82, 2.24) is 9.97 Å². The van der Waals surface area contributed by atoms with E-state index in [0.29, 0.717) is 13.2 Å². The molecule has 0 aliphatic carbocycles. The lowest BCUT2D eigenvalue weighted by atomic mass is 10.3. The Morgan fingerprint density at radius 2 is 2.50 bits per heavy atom. The molecule has 0 amide bonds. The van der Waals surface area contributed by atoms with Crippen molar-refractivity contribution in [3.05, 3.63) is 10.7 Å². The molecule has 1 saturated heterocycles. The number of hydrogen-bond donors (Lipinski definition) is 2. The molecule has 88 valence electrons. The Morgan fingerprint density at radius 3 is 3.25 bits per heavy atom. The van der Waals surface area contributed by atoms with Gasteiger partial charge in [0.05, 0.1) is 23.8 Å². The Hall–Kier alpha value is -0.920. The average Bonchev–Trinajstić information content (AvgIpc) is 2.32. The standard InChI is InChI=1S/C9H13BrN4O2/c10-7-3-12-9(11)13-8(7)14-1-2-16-6(4-14)5-15/h3,6,15H,1-2,4-5H2,(H2,11,12,13). The summed E-state index contributed by atoms with van der Waals surface area (Å²) >= 11 is 3.38. The van der Waals surface area contributed by atoms with Crippen molar-refractivity contribution in [1.29, 1.82) is 0 Å². The van der Waals surface area contributed by atoms with Crippen LogP contribution in [-0.4, -0.2) is 47.5 Å². The first kappa shape index (κ1) is 11.6. The second kappa shape index (κ2) is 4.94. The summed E-state index contributed by atoms with van der Waals surface area (Å²) in [5, 5.41) is 9.06. The fourth-order valence-corrected chi connectivity index (χ4v) is 2.06. The fraction of sp³-hybridized carbons (Fsp3) is 0.556. The smallest absolute Gasteiger partial charge is 0.222 e. The average molecular weight is 289 g/mol. The molecule has 1 unspecified atom stereocenters. The van der Waals surface area contributed by atoms with Crippen molar-refractivity contribution in [2.45, 2.75) is 6.10 Å². The van der Waals surface area contributed by atoms with Crippen LogP contribution < -0.4 is 10.6 Å². The second-order valence-electron chi connectivity index (χ2n) is 3.52. The summed E-state index contributed by atoms with van der Waals surface area (Å²) < 4.78 is 6.16. The number of nitrogens with two attached hydrogens (primary N) is 1. The van der Waals surface area contributed by atoms with E-state index in [1.807, 2.05) is 4.90 Å². The minimum absolute atomic E-state index is 0.00862. The molecule has 1 fully saturated rings. The molecule has 1 atom stereocenters. The highest BCUT2D eigenvalue weighted by molar-refractivity contribution is 9.10. The molecule has 1 aliphatic heterocycles. The summed E-state index contributed by atoms with van der Waals surface area (Å²) in [6.45, 7) is 1.91. The monoisotopic (exact) mass is 288 g/mol. The third-order valence-electron chi connectivity index (χ3n) is 2.39. The number of morpholine rings is 1. The van der Waals surface area contributed by atoms with Crippen molar-refractivity contribution in [3.8, 4) is 0 Å². The van der Waals surface area contributed by atoms with Gasteiger partial charge < -0.3 is 20.5 Å². The fourth-order valence-electron chi connectivity index (χ4n) is 1.62. The molecular weight excluding hydrogens is 276 g/mol. The van der Waals surface area contributed by atoms with E-state index in [4.69, 9.17) is 15.6 Å². The van der Waals surface area contributed by atoms with E-state index in [0.717, 1.165) is 16.8 Å². The maximum atomic E-state index is 9.06. The highest BCUT2D eigenvalue weighted by Crippen LogP contribution is 2.25. The minimum Gasteiger partial charge on any atom is -0.394 e. The van der Waals surface area contributed by atoms with Gasteiger partial charge in [-0.3, -0.25) is 0 Å². The van der Waals surface area contributed by atoms with Crippen LogP contribution in [-0.2, 0) is 4.74 Å². The molecule has 16 heavy (non-hydrogen) atoms. The number of nitrogen functional groups attached to an aromatic ring is 1. The quantitative estimate of drug-likeness (QED) is 0.798. The number of aliphatic hydroxyl groups excluding tert-OH is 1. The van der Waals surface area contributed by atoms with Gasteiger partial charge in [0.2, 0.25) is 5.95 Å². The summed E-state index contributed by atoms with van der Waals surface area (Å²) in [5.41, 5.74) is 5.55. The molecule has 0 bridgehead atoms. The van der Waals surface area contributed by atoms with Gasteiger partial charge in [-0.1, -0.05) is 0 Å². The Labute approximate surface area is 102 Å². The van der Waals surface area contributed by atoms with Crippen molar-refractivity contribution in [3.63, 3.8) is 0 Å². The number of aromatic nitrogens is 2. The molecule has 7 heteroatoms. The normalized spacial score (nSPS) is 21.1. The van der Waals surface area contributed by atoms with E-state index < -0.39 is 0 Å². The van der Waals surface area contributed by atoms with Gasteiger partial charge in [0.25, 0.3) is 0 Å². The van der Waals surface area contributed by atoms with E-state index in [-0.39, 0.29) is 18.7 Å². The highest BCUT2D eigenvalue weighted by Gasteiger charge is 2.22. The molecule has 1 aromatic heterocycles. The molecular formula is C9H13BrN4O2. The van der Waals surface area contributed by atoms with Crippen LogP contribution >= 0.6 is 15.9 Å². The zero-order valence-electron chi connectivity index (χ0n) is 8.64. The largest absolute Gasteiger partial charge is 0.394 e. The number of halogens is 1. The van der Waals surface area contributed by atoms with E-state index in [1.165, 1.54) is 0 Å². The first-order chi connectivity index (χ1) is 7.70. The zero-order chi connectivity index (χ0) is 11.5. The van der Waals surface area contributed by atoms with Crippen LogP contribution in [0.2, 0.25) is 0 Å². The van der Waals surface area contributed by atoms with Crippen LogP contribution in [0.25, 0.3) is 0 Å². The van der Waals surface area contributed by atoms with Gasteiger partial charge in [-0.2, -0.15) is 4.98 Å². The van der Waals surface area contributed by atoms with Crippen LogP contribution in [0.5, 0.6) is 0 Å². The molecule has 0 aromatic carbocycles. The number of anilines is 2. The van der Waals surface area contributed by atoms with Crippen LogP contribution in [0.1, 0.15) is 0 Å². The van der Waals surface area contributed by atoms with Crippen LogP contribution in [0, 0.1) is 0 Å². The Kier molecular flexibility index (Phi) is 3.57. The van der Waals surface area contributed by atoms with Crippen molar-refractivity contribution < 1.29 is 9.84 Å². The van der Waals surface area contributed by atoms with Gasteiger partial charge in [0.15, 0.2) is 0 Å². The summed E-state index contributed by atoms with van der Waals surface area (Å²) in [6, 6.07) is 0. The second-order valence-corrected chi connectivity index (χ2v) is 4.38. The lowest BCUT2D eigenvalue weighted by molar-refractivity contribution is 0.00332. The van der Waals surface area contributed by atoms with E-state index in [1.54, 1.807) is 6.20 Å². The molecule has 6 nitrogen and oxygen atoms in total. The third-order valence-corrected chi connectivity index (χ3v) is 2.95. The first-order valence-electron chi connectivity index (χ1n) is 4.96. The first-order valence-corrected chi connectivity index (χ1v) is 5.75. The number of aliphatic hydroxyl groups is 1. The summed E-state index contributed by atoms with van der Waals surface area (Å²) in [4.78, 5) is 10.1. The number of nitrogens with zero attached hydrogens (tertiary/aromatic N) is 3. The maximum Gasteiger partial charge on any atom is 0.222 e. The molecule has 0 radical (unpaired) electrons. The maximum absolute atomic E-state index is 9.06. The Balaban J connectivity index is 2.19. The highest BCUT2D eigenvalue weighted by atomic mass is 79.9. The lowest BCUT2D eigenvalue weighted by Crippen LogP contribution is -2.44. The van der Waals surface area contributed by atoms with Gasteiger partial charge in [0.1, 0.15) is 5.82 Å². The van der Waals surface area contributed by atoms with Gasteiger partial charge in [0, 0.05) is 19.3 Å². The molecule has 1 aromatic rings. The molecule has 2 rings (SSSR count). The van der Waals surface area contributed by atoms with Crippen molar-refractivity contribution in [2.24, 2.45) is 0 Å². The van der Waals surface area contributed by atoms with Crippen LogP contribution in [0.3, 0.4) is 0 Å². The summed E-state index contributed by atoms with van der Waals surface area (Å²) in [6.07, 6.45) is 1.46. The number of rotatable bonds is 2. The van der Waals surface area contributed by atoms with E-state index in [2.05, 4.69) is 25.9 Å². The van der Waals surface area contributed by atoms with Gasteiger partial charge in [-0.25, -0.2) is 4.98 Å². The molecule has 1 aliphatic rings. The van der Waals surface area contributed by atoms with E-state index >= 15 is 0 Å². The zero-order valence-corrected chi connectivity index (χ0v) is 10.2. The SMILES string of the molecule is Nc1ncc(Br)c(N2CCOC(CO)C2)n1. The van der Waals surface area contributed by atoms with Crippen molar-refractivity contribution >= 4 is 27.7 Å². The Bertz CT molecular complexity index is 377. The van der Waals surface area contributed by atoms with Gasteiger partial charge in [-0.05, 0) is 15.9 Å². The predicted octanol–water partition coefficient (Wildman–Crippen LogP) is 0.0188. The van der Waals surface area contributed by atoms with Crippen LogP contribution in [0.4, 0.5) is 11.8 Å². The van der Waals surface area contributed by atoms with Gasteiger partial charge in [-0.15, -0.1) is 0 Å². The third kappa shape index (κ3) is 2.42. The van der Waals surface area contributed by atoms with Crippen molar-refractivity contribution in [2.75, 3.05) is 36.9 Å². The molecule has 0 saturated carbocycles. The minimum atomic E-state index is -0.170. The number of ether oxygens (including phenoxy) is 1. The van der Waals surface area contributed by atoms with Crippen LogP contribution in [0.15, 0.2) is 10.7 Å². The molecule has 0 spiro atoms. The molecule has 3 N–H and O–H groups in total. The summed E-state index contributed by atoms with van der Waals surface area (Å²) in [7, 11) is 0. The topological polar surface area (TPSA) is 84.5 Å². The molecule has 2 heterocycles. The predicted molar refractivity (Wildman–Crippen MR) is 63.2 cm³/mol. The van der Waals surface area contributed by atoms with E-state index in [9.17, 15) is 0 Å². The van der Waals surface area contributed by atoms with Gasteiger partial charge >= 0.3 is 0 Å².